The van der Waals surface area contributed by atoms with Crippen LogP contribution in [0.2, 0.25) is 0 Å². The summed E-state index contributed by atoms with van der Waals surface area (Å²) >= 11 is 1.72. The number of aliphatic hydroxyl groups excluding tert-OH is 1. The van der Waals surface area contributed by atoms with Gasteiger partial charge >= 0.3 is 0 Å². The van der Waals surface area contributed by atoms with Crippen molar-refractivity contribution in [3.05, 3.63) is 0 Å². The highest BCUT2D eigenvalue weighted by atomic mass is 32.2. The Bertz CT molecular complexity index is 749. The summed E-state index contributed by atoms with van der Waals surface area (Å²) in [6, 6.07) is -0.539. The lowest BCUT2D eigenvalue weighted by atomic mass is 9.70. The van der Waals surface area contributed by atoms with Gasteiger partial charge in [-0.15, -0.1) is 11.8 Å². The molecule has 34 heavy (non-hydrogen) atoms. The van der Waals surface area contributed by atoms with Gasteiger partial charge in [0.05, 0.1) is 29.8 Å². The van der Waals surface area contributed by atoms with Gasteiger partial charge in [0.25, 0.3) is 0 Å². The fourth-order valence-corrected chi connectivity index (χ4v) is 8.41. The molecule has 4 saturated heterocycles. The largest absolute Gasteiger partial charge is 0.396 e. The van der Waals surface area contributed by atoms with Crippen LogP contribution in [0.5, 0.6) is 0 Å². The Morgan fingerprint density at radius 3 is 2.62 bits per heavy atom. The molecule has 4 fully saturated rings. The molecule has 3 N–H and O–H groups in total. The van der Waals surface area contributed by atoms with E-state index < -0.39 is 16.7 Å². The fourth-order valence-electron chi connectivity index (χ4n) is 6.19. The van der Waals surface area contributed by atoms with E-state index in [1.807, 2.05) is 6.92 Å². The SMILES string of the molecule is CCCNC(=O)[C@@H]1[C@@H]2CCC3(S2)C(C(=O)NCCN2CCOCC2)N(CCCCCO)C(=O)[C@H]13. The van der Waals surface area contributed by atoms with Gasteiger partial charge in [-0.2, -0.15) is 0 Å². The Morgan fingerprint density at radius 1 is 1.12 bits per heavy atom. The molecule has 0 aromatic carbocycles. The molecule has 4 aliphatic rings. The van der Waals surface area contributed by atoms with Gasteiger partial charge in [-0.05, 0) is 38.5 Å². The van der Waals surface area contributed by atoms with Gasteiger partial charge in [0.15, 0.2) is 0 Å². The second-order valence-electron chi connectivity index (χ2n) is 9.91. The van der Waals surface area contributed by atoms with Crippen molar-refractivity contribution in [1.29, 1.82) is 0 Å². The van der Waals surface area contributed by atoms with E-state index >= 15 is 0 Å². The molecule has 0 aromatic heterocycles. The molecule has 4 rings (SSSR count). The number of aliphatic hydroxyl groups is 1. The quantitative estimate of drug-likeness (QED) is 0.331. The number of hydrogen-bond acceptors (Lipinski definition) is 7. The van der Waals surface area contributed by atoms with Crippen LogP contribution in [0.4, 0.5) is 0 Å². The van der Waals surface area contributed by atoms with Crippen LogP contribution in [-0.4, -0.2) is 108 Å². The monoisotopic (exact) mass is 496 g/mol. The molecule has 1 spiro atoms. The third-order valence-electron chi connectivity index (χ3n) is 7.79. The number of thioether (sulfide) groups is 1. The molecule has 0 radical (unpaired) electrons. The van der Waals surface area contributed by atoms with Crippen LogP contribution in [0.15, 0.2) is 0 Å². The number of carbonyl (C=O) groups excluding carboxylic acids is 3. The van der Waals surface area contributed by atoms with Crippen molar-refractivity contribution in [3.8, 4) is 0 Å². The van der Waals surface area contributed by atoms with Gasteiger partial charge in [0.1, 0.15) is 6.04 Å². The molecule has 4 aliphatic heterocycles. The third-order valence-corrected chi connectivity index (χ3v) is 9.74. The number of carbonyl (C=O) groups is 3. The van der Waals surface area contributed by atoms with Gasteiger partial charge in [0.2, 0.25) is 17.7 Å². The van der Waals surface area contributed by atoms with Crippen molar-refractivity contribution in [1.82, 2.24) is 20.4 Å². The predicted molar refractivity (Wildman–Crippen MR) is 130 cm³/mol. The Hall–Kier alpha value is -1.36. The van der Waals surface area contributed by atoms with Crippen LogP contribution in [0, 0.1) is 11.8 Å². The Balaban J connectivity index is 1.49. The minimum absolute atomic E-state index is 0.0344. The number of nitrogens with one attached hydrogen (secondary N) is 2. The number of ether oxygens (including phenoxy) is 1. The van der Waals surface area contributed by atoms with E-state index in [2.05, 4.69) is 15.5 Å². The van der Waals surface area contributed by atoms with E-state index in [-0.39, 0.29) is 35.5 Å². The summed E-state index contributed by atoms with van der Waals surface area (Å²) in [4.78, 5) is 44.5. The molecule has 10 heteroatoms. The van der Waals surface area contributed by atoms with Crippen molar-refractivity contribution in [3.63, 3.8) is 0 Å². The first-order chi connectivity index (χ1) is 16.5. The fraction of sp³-hybridized carbons (Fsp3) is 0.875. The van der Waals surface area contributed by atoms with E-state index in [4.69, 9.17) is 9.84 Å². The number of rotatable bonds is 12. The van der Waals surface area contributed by atoms with Gasteiger partial charge in [-0.3, -0.25) is 19.3 Å². The molecule has 0 aliphatic carbocycles. The maximum atomic E-state index is 13.7. The maximum Gasteiger partial charge on any atom is 0.244 e. The molecule has 0 saturated carbocycles. The number of nitrogens with zero attached hydrogens (tertiary/aromatic N) is 2. The van der Waals surface area contributed by atoms with E-state index in [1.54, 1.807) is 16.7 Å². The average molecular weight is 497 g/mol. The summed E-state index contributed by atoms with van der Waals surface area (Å²) in [5.74, 6) is -0.949. The first-order valence-electron chi connectivity index (χ1n) is 13.0. The lowest BCUT2D eigenvalue weighted by Crippen LogP contribution is -2.54. The Morgan fingerprint density at radius 2 is 1.88 bits per heavy atom. The molecule has 3 amide bonds. The summed E-state index contributed by atoms with van der Waals surface area (Å²) in [5.41, 5.74) is 0. The van der Waals surface area contributed by atoms with Crippen LogP contribution in [-0.2, 0) is 19.1 Å². The van der Waals surface area contributed by atoms with Crippen molar-refractivity contribution in [2.45, 2.75) is 61.5 Å². The highest BCUT2D eigenvalue weighted by molar-refractivity contribution is 8.02. The van der Waals surface area contributed by atoms with E-state index in [9.17, 15) is 14.4 Å². The predicted octanol–water partition coefficient (Wildman–Crippen LogP) is 0.215. The number of morpholine rings is 1. The Labute approximate surface area is 206 Å². The minimum atomic E-state index is -0.539. The van der Waals surface area contributed by atoms with E-state index in [0.717, 1.165) is 65.0 Å². The van der Waals surface area contributed by atoms with Crippen LogP contribution in [0.1, 0.15) is 45.4 Å². The molecule has 2 bridgehead atoms. The average Bonchev–Trinajstić information content (AvgIpc) is 3.48. The van der Waals surface area contributed by atoms with Gasteiger partial charge < -0.3 is 25.4 Å². The molecule has 2 unspecified atom stereocenters. The number of amides is 3. The Kier molecular flexibility index (Phi) is 8.76. The van der Waals surface area contributed by atoms with Crippen molar-refractivity contribution in [2.75, 3.05) is 59.1 Å². The zero-order valence-corrected chi connectivity index (χ0v) is 21.1. The molecule has 4 heterocycles. The summed E-state index contributed by atoms with van der Waals surface area (Å²) in [6.45, 7) is 7.72. The number of likely N-dealkylation sites (tertiary alicyclic amines) is 1. The molecular weight excluding hydrogens is 456 g/mol. The topological polar surface area (TPSA) is 111 Å². The first-order valence-corrected chi connectivity index (χ1v) is 13.9. The molecular formula is C24H40N4O5S. The van der Waals surface area contributed by atoms with Crippen LogP contribution in [0.3, 0.4) is 0 Å². The normalized spacial score (nSPS) is 32.8. The zero-order valence-electron chi connectivity index (χ0n) is 20.3. The summed E-state index contributed by atoms with van der Waals surface area (Å²) < 4.78 is 4.88. The lowest BCUT2D eigenvalue weighted by Gasteiger charge is -2.34. The standard InChI is InChI=1S/C24H40N4O5S/c1-2-8-25-21(30)18-17-6-7-24(34-17)19(18)23(32)28(10-4-3-5-14-29)20(24)22(31)26-9-11-27-12-15-33-16-13-27/h17-20,29H,2-16H2,1H3,(H,25,30)(H,26,31)/t17-,18+,19-,20?,24?/m0/s1. The third kappa shape index (κ3) is 4.96. The van der Waals surface area contributed by atoms with Crippen LogP contribution < -0.4 is 10.6 Å². The van der Waals surface area contributed by atoms with Gasteiger partial charge in [-0.1, -0.05) is 6.92 Å². The maximum absolute atomic E-state index is 13.7. The van der Waals surface area contributed by atoms with E-state index in [0.29, 0.717) is 26.1 Å². The van der Waals surface area contributed by atoms with Crippen molar-refractivity contribution >= 4 is 29.5 Å². The number of unbranched alkanes of at least 4 members (excludes halogenated alkanes) is 2. The summed E-state index contributed by atoms with van der Waals surface area (Å²) in [7, 11) is 0. The van der Waals surface area contributed by atoms with Crippen LogP contribution >= 0.6 is 11.8 Å². The van der Waals surface area contributed by atoms with Crippen LogP contribution in [0.25, 0.3) is 0 Å². The molecule has 0 aromatic rings. The number of hydrogen-bond donors (Lipinski definition) is 3. The van der Waals surface area contributed by atoms with E-state index in [1.165, 1.54) is 0 Å². The summed E-state index contributed by atoms with van der Waals surface area (Å²) in [6.07, 6.45) is 4.75. The molecule has 192 valence electrons. The minimum Gasteiger partial charge on any atom is -0.396 e. The van der Waals surface area contributed by atoms with Gasteiger partial charge in [-0.25, -0.2) is 0 Å². The second kappa shape index (κ2) is 11.6. The number of fused-ring (bicyclic) bond motifs is 1. The smallest absolute Gasteiger partial charge is 0.244 e. The zero-order chi connectivity index (χ0) is 24.1. The highest BCUT2D eigenvalue weighted by Gasteiger charge is 2.73. The molecule has 5 atom stereocenters. The first kappa shape index (κ1) is 25.7. The molecule has 9 nitrogen and oxygen atoms in total. The van der Waals surface area contributed by atoms with Crippen molar-refractivity contribution in [2.24, 2.45) is 11.8 Å². The van der Waals surface area contributed by atoms with Crippen molar-refractivity contribution < 1.29 is 24.2 Å². The highest BCUT2D eigenvalue weighted by Crippen LogP contribution is 2.66. The second-order valence-corrected chi connectivity index (χ2v) is 11.5. The lowest BCUT2D eigenvalue weighted by molar-refractivity contribution is -0.140. The summed E-state index contributed by atoms with van der Waals surface area (Å²) in [5, 5.41) is 15.4. The van der Waals surface area contributed by atoms with Gasteiger partial charge in [0, 0.05) is 51.1 Å².